The summed E-state index contributed by atoms with van der Waals surface area (Å²) in [5, 5.41) is 3.99. The summed E-state index contributed by atoms with van der Waals surface area (Å²) in [6, 6.07) is 17.6. The number of hydrogen-bond acceptors (Lipinski definition) is 2. The minimum Gasteiger partial charge on any atom is -0.267 e. The molecule has 0 aromatic heterocycles. The zero-order valence-electron chi connectivity index (χ0n) is 13.3. The zero-order chi connectivity index (χ0) is 16.0. The van der Waals surface area contributed by atoms with Crippen molar-refractivity contribution < 1.29 is 4.79 Å². The highest BCUT2D eigenvalue weighted by molar-refractivity contribution is 5.94. The van der Waals surface area contributed by atoms with Gasteiger partial charge >= 0.3 is 0 Å². The number of benzene rings is 2. The summed E-state index contributed by atoms with van der Waals surface area (Å²) in [6.07, 6.45) is 2.40. The number of hydrogen-bond donors (Lipinski definition) is 1. The van der Waals surface area contributed by atoms with Gasteiger partial charge in [-0.15, -0.1) is 0 Å². The summed E-state index contributed by atoms with van der Waals surface area (Å²) in [5.41, 5.74) is 5.63. The van der Waals surface area contributed by atoms with Crippen molar-refractivity contribution in [2.24, 2.45) is 5.10 Å². The maximum atomic E-state index is 12.0. The quantitative estimate of drug-likeness (QED) is 0.673. The predicted octanol–water partition coefficient (Wildman–Crippen LogP) is 3.94. The van der Waals surface area contributed by atoms with Gasteiger partial charge in [-0.05, 0) is 28.7 Å². The Bertz CT molecular complexity index is 637. The summed E-state index contributed by atoms with van der Waals surface area (Å²) in [5.74, 6) is -0.190. The fourth-order valence-corrected chi connectivity index (χ4v) is 2.06. The van der Waals surface area contributed by atoms with Gasteiger partial charge in [0, 0.05) is 18.2 Å². The standard InChI is InChI=1S/C19H22N2O/c1-19(2,3)17-11-9-16(10-12-17)18(22)21-20-14-13-15-7-5-4-6-8-15/h4-12,14H,13H2,1-3H3,(H,21,22)/b20-14+. The Morgan fingerprint density at radius 1 is 1.05 bits per heavy atom. The first-order valence-electron chi connectivity index (χ1n) is 7.43. The molecule has 0 saturated carbocycles. The average molecular weight is 294 g/mol. The lowest BCUT2D eigenvalue weighted by Crippen LogP contribution is -2.18. The number of carbonyl (C=O) groups excluding carboxylic acids is 1. The van der Waals surface area contributed by atoms with Crippen LogP contribution in [0.2, 0.25) is 0 Å². The molecular formula is C19H22N2O. The van der Waals surface area contributed by atoms with Crippen LogP contribution in [-0.4, -0.2) is 12.1 Å². The second-order valence-electron chi connectivity index (χ2n) is 6.27. The van der Waals surface area contributed by atoms with Crippen molar-refractivity contribution in [1.82, 2.24) is 5.43 Å². The topological polar surface area (TPSA) is 41.5 Å². The minimum absolute atomic E-state index is 0.0862. The molecule has 1 N–H and O–H groups in total. The van der Waals surface area contributed by atoms with Gasteiger partial charge in [0.05, 0.1) is 0 Å². The average Bonchev–Trinajstić information content (AvgIpc) is 2.52. The van der Waals surface area contributed by atoms with Crippen LogP contribution in [0.15, 0.2) is 59.7 Å². The Morgan fingerprint density at radius 3 is 2.27 bits per heavy atom. The van der Waals surface area contributed by atoms with Crippen molar-refractivity contribution in [1.29, 1.82) is 0 Å². The van der Waals surface area contributed by atoms with Gasteiger partial charge < -0.3 is 0 Å². The number of amides is 1. The molecule has 0 saturated heterocycles. The van der Waals surface area contributed by atoms with Gasteiger partial charge in [-0.1, -0.05) is 63.2 Å². The molecule has 0 atom stereocenters. The molecule has 0 aliphatic rings. The van der Waals surface area contributed by atoms with Gasteiger partial charge in [-0.3, -0.25) is 4.79 Å². The van der Waals surface area contributed by atoms with Crippen molar-refractivity contribution in [3.8, 4) is 0 Å². The molecule has 2 rings (SSSR count). The molecular weight excluding hydrogens is 272 g/mol. The molecule has 0 radical (unpaired) electrons. The Hall–Kier alpha value is -2.42. The lowest BCUT2D eigenvalue weighted by Gasteiger charge is -2.18. The smallest absolute Gasteiger partial charge is 0.267 e. The van der Waals surface area contributed by atoms with E-state index in [-0.39, 0.29) is 11.3 Å². The molecule has 3 nitrogen and oxygen atoms in total. The summed E-state index contributed by atoms with van der Waals surface area (Å²) in [4.78, 5) is 12.0. The highest BCUT2D eigenvalue weighted by Gasteiger charge is 2.13. The van der Waals surface area contributed by atoms with Crippen molar-refractivity contribution in [2.45, 2.75) is 32.6 Å². The lowest BCUT2D eigenvalue weighted by atomic mass is 9.87. The van der Waals surface area contributed by atoms with Crippen molar-refractivity contribution in [3.05, 3.63) is 71.3 Å². The van der Waals surface area contributed by atoms with Crippen molar-refractivity contribution in [2.75, 3.05) is 0 Å². The second kappa shape index (κ2) is 7.03. The largest absolute Gasteiger partial charge is 0.271 e. The van der Waals surface area contributed by atoms with Crippen LogP contribution >= 0.6 is 0 Å². The van der Waals surface area contributed by atoms with Crippen LogP contribution in [0.1, 0.15) is 42.3 Å². The van der Waals surface area contributed by atoms with E-state index in [0.717, 1.165) is 5.56 Å². The summed E-state index contributed by atoms with van der Waals surface area (Å²) in [7, 11) is 0. The van der Waals surface area contributed by atoms with E-state index in [0.29, 0.717) is 12.0 Å². The van der Waals surface area contributed by atoms with E-state index in [1.165, 1.54) is 5.56 Å². The monoisotopic (exact) mass is 294 g/mol. The first kappa shape index (κ1) is 16.0. The maximum Gasteiger partial charge on any atom is 0.271 e. The summed E-state index contributed by atoms with van der Waals surface area (Å²) in [6.45, 7) is 6.45. The van der Waals surface area contributed by atoms with Gasteiger partial charge in [0.15, 0.2) is 0 Å². The van der Waals surface area contributed by atoms with Crippen LogP contribution in [0.3, 0.4) is 0 Å². The van der Waals surface area contributed by atoms with E-state index >= 15 is 0 Å². The third-order valence-corrected chi connectivity index (χ3v) is 3.44. The van der Waals surface area contributed by atoms with E-state index in [2.05, 4.69) is 31.3 Å². The maximum absolute atomic E-state index is 12.0. The van der Waals surface area contributed by atoms with Crippen molar-refractivity contribution >= 4 is 12.1 Å². The number of hydrazone groups is 1. The molecule has 0 bridgehead atoms. The van der Waals surface area contributed by atoms with Crippen LogP contribution < -0.4 is 5.43 Å². The Labute approximate surface area is 132 Å². The molecule has 0 spiro atoms. The Kier molecular flexibility index (Phi) is 5.10. The van der Waals surface area contributed by atoms with E-state index in [9.17, 15) is 4.79 Å². The van der Waals surface area contributed by atoms with Crippen LogP contribution in [0.25, 0.3) is 0 Å². The molecule has 0 aliphatic heterocycles. The fraction of sp³-hybridized carbons (Fsp3) is 0.263. The lowest BCUT2D eigenvalue weighted by molar-refractivity contribution is 0.0955. The van der Waals surface area contributed by atoms with Crippen molar-refractivity contribution in [3.63, 3.8) is 0 Å². The molecule has 0 heterocycles. The number of carbonyl (C=O) groups is 1. The summed E-state index contributed by atoms with van der Waals surface area (Å²) < 4.78 is 0. The third kappa shape index (κ3) is 4.55. The number of nitrogens with one attached hydrogen (secondary N) is 1. The minimum atomic E-state index is -0.190. The van der Waals surface area contributed by atoms with Gasteiger partial charge in [0.25, 0.3) is 5.91 Å². The van der Waals surface area contributed by atoms with Crippen LogP contribution in [0, 0.1) is 0 Å². The first-order chi connectivity index (χ1) is 10.5. The molecule has 2 aromatic carbocycles. The SMILES string of the molecule is CC(C)(C)c1ccc(C(=O)N/N=C/Cc2ccccc2)cc1. The van der Waals surface area contributed by atoms with Crippen LogP contribution in [-0.2, 0) is 11.8 Å². The molecule has 2 aromatic rings. The number of rotatable bonds is 4. The molecule has 0 fully saturated rings. The number of nitrogens with zero attached hydrogens (tertiary/aromatic N) is 1. The molecule has 1 amide bonds. The van der Waals surface area contributed by atoms with E-state index < -0.39 is 0 Å². The molecule has 0 unspecified atom stereocenters. The Balaban J connectivity index is 1.89. The van der Waals surface area contributed by atoms with Gasteiger partial charge in [0.1, 0.15) is 0 Å². The van der Waals surface area contributed by atoms with E-state index in [1.807, 2.05) is 54.6 Å². The van der Waals surface area contributed by atoms with Gasteiger partial charge in [0.2, 0.25) is 0 Å². The normalized spacial score (nSPS) is 11.6. The van der Waals surface area contributed by atoms with Crippen LogP contribution in [0.5, 0.6) is 0 Å². The highest BCUT2D eigenvalue weighted by atomic mass is 16.2. The fourth-order valence-electron chi connectivity index (χ4n) is 2.06. The van der Waals surface area contributed by atoms with Crippen LogP contribution in [0.4, 0.5) is 0 Å². The Morgan fingerprint density at radius 2 is 1.68 bits per heavy atom. The first-order valence-corrected chi connectivity index (χ1v) is 7.43. The van der Waals surface area contributed by atoms with Gasteiger partial charge in [-0.25, -0.2) is 5.43 Å². The predicted molar refractivity (Wildman–Crippen MR) is 91.2 cm³/mol. The summed E-state index contributed by atoms with van der Waals surface area (Å²) >= 11 is 0. The van der Waals surface area contributed by atoms with E-state index in [1.54, 1.807) is 6.21 Å². The van der Waals surface area contributed by atoms with Gasteiger partial charge in [-0.2, -0.15) is 5.10 Å². The molecule has 22 heavy (non-hydrogen) atoms. The third-order valence-electron chi connectivity index (χ3n) is 3.44. The highest BCUT2D eigenvalue weighted by Crippen LogP contribution is 2.22. The zero-order valence-corrected chi connectivity index (χ0v) is 13.3. The molecule has 0 aliphatic carbocycles. The molecule has 3 heteroatoms. The van der Waals surface area contributed by atoms with E-state index in [4.69, 9.17) is 0 Å². The second-order valence-corrected chi connectivity index (χ2v) is 6.27. The molecule has 114 valence electrons.